The molecule has 2 aromatic heterocycles. The molecule has 0 bridgehead atoms. The van der Waals surface area contributed by atoms with Crippen molar-refractivity contribution in [1.29, 1.82) is 0 Å². The molecule has 0 saturated carbocycles. The van der Waals surface area contributed by atoms with Crippen LogP contribution in [0.25, 0.3) is 21.9 Å². The predicted molar refractivity (Wildman–Crippen MR) is 107 cm³/mol. The Morgan fingerprint density at radius 1 is 1.07 bits per heavy atom. The Morgan fingerprint density at radius 2 is 1.82 bits per heavy atom. The summed E-state index contributed by atoms with van der Waals surface area (Å²) < 4.78 is 3.09. The van der Waals surface area contributed by atoms with E-state index >= 15 is 0 Å². The van der Waals surface area contributed by atoms with Crippen LogP contribution in [-0.2, 0) is 25.3 Å². The first kappa shape index (κ1) is 17.7. The number of rotatable bonds is 4. The number of imidazole rings is 1. The molecular formula is C20H19N5O3. The molecule has 142 valence electrons. The Morgan fingerprint density at radius 3 is 2.64 bits per heavy atom. The quantitative estimate of drug-likeness (QED) is 0.565. The van der Waals surface area contributed by atoms with E-state index in [1.54, 1.807) is 55.1 Å². The molecule has 0 unspecified atom stereocenters. The third-order valence-electron chi connectivity index (χ3n) is 4.81. The van der Waals surface area contributed by atoms with E-state index in [9.17, 15) is 14.4 Å². The van der Waals surface area contributed by atoms with E-state index in [4.69, 9.17) is 0 Å². The van der Waals surface area contributed by atoms with Crippen molar-refractivity contribution >= 4 is 33.5 Å². The number of anilines is 1. The highest BCUT2D eigenvalue weighted by Crippen LogP contribution is 2.18. The van der Waals surface area contributed by atoms with Crippen molar-refractivity contribution in [2.24, 2.45) is 14.1 Å². The molecule has 8 heteroatoms. The van der Waals surface area contributed by atoms with Gasteiger partial charge in [0.2, 0.25) is 5.91 Å². The molecule has 2 N–H and O–H groups in total. The van der Waals surface area contributed by atoms with Crippen LogP contribution in [0.3, 0.4) is 0 Å². The fourth-order valence-electron chi connectivity index (χ4n) is 3.29. The maximum absolute atomic E-state index is 12.3. The van der Waals surface area contributed by atoms with Gasteiger partial charge in [0, 0.05) is 32.6 Å². The molecule has 0 aliphatic heterocycles. The summed E-state index contributed by atoms with van der Waals surface area (Å²) >= 11 is 0. The van der Waals surface area contributed by atoms with Crippen LogP contribution in [0.2, 0.25) is 0 Å². The number of benzene rings is 2. The van der Waals surface area contributed by atoms with E-state index in [-0.39, 0.29) is 23.6 Å². The zero-order valence-electron chi connectivity index (χ0n) is 15.5. The highest BCUT2D eigenvalue weighted by Gasteiger charge is 2.10. The molecule has 0 aliphatic carbocycles. The minimum Gasteiger partial charge on any atom is -0.326 e. The molecule has 0 spiro atoms. The molecule has 0 saturated heterocycles. The minimum absolute atomic E-state index is 0.121. The highest BCUT2D eigenvalue weighted by atomic mass is 16.2. The average Bonchev–Trinajstić information content (AvgIpc) is 2.90. The molecule has 1 amide bonds. The number of aryl methyl sites for hydroxylation is 3. The zero-order chi connectivity index (χ0) is 19.8. The van der Waals surface area contributed by atoms with Crippen LogP contribution < -0.4 is 16.6 Å². The van der Waals surface area contributed by atoms with Crippen molar-refractivity contribution in [3.8, 4) is 0 Å². The van der Waals surface area contributed by atoms with Gasteiger partial charge in [-0.05, 0) is 30.3 Å². The molecule has 4 aromatic rings. The van der Waals surface area contributed by atoms with Gasteiger partial charge >= 0.3 is 5.69 Å². The molecule has 2 heterocycles. The zero-order valence-corrected chi connectivity index (χ0v) is 15.5. The van der Waals surface area contributed by atoms with E-state index in [2.05, 4.69) is 15.3 Å². The lowest BCUT2D eigenvalue weighted by atomic mass is 10.2. The second-order valence-corrected chi connectivity index (χ2v) is 6.68. The summed E-state index contributed by atoms with van der Waals surface area (Å²) in [4.78, 5) is 43.5. The second kappa shape index (κ2) is 6.80. The lowest BCUT2D eigenvalue weighted by molar-refractivity contribution is -0.116. The number of H-pyrrole nitrogens is 1. The Balaban J connectivity index is 1.49. The first-order valence-electron chi connectivity index (χ1n) is 8.87. The van der Waals surface area contributed by atoms with Crippen molar-refractivity contribution < 1.29 is 4.79 Å². The first-order valence-corrected chi connectivity index (χ1v) is 8.87. The van der Waals surface area contributed by atoms with Crippen LogP contribution in [0, 0.1) is 0 Å². The standard InChI is InChI=1S/C20H19N5O3/c1-24-15-8-7-12(11-16(15)25(2)20(24)28)21-18(26)10-9-17-22-14-6-4-3-5-13(14)19(27)23-17/h3-8,11H,9-10H2,1-2H3,(H,21,26)(H,22,23,27). The summed E-state index contributed by atoms with van der Waals surface area (Å²) in [5.41, 5.74) is 2.42. The smallest absolute Gasteiger partial charge is 0.326 e. The molecule has 0 radical (unpaired) electrons. The summed E-state index contributed by atoms with van der Waals surface area (Å²) in [6.45, 7) is 0. The maximum Gasteiger partial charge on any atom is 0.328 e. The predicted octanol–water partition coefficient (Wildman–Crippen LogP) is 1.68. The molecule has 2 aromatic carbocycles. The normalized spacial score (nSPS) is 11.2. The Hall–Kier alpha value is -3.68. The molecule has 0 aliphatic rings. The lowest BCUT2D eigenvalue weighted by Gasteiger charge is -2.06. The number of aromatic nitrogens is 4. The average molecular weight is 377 g/mol. The van der Waals surface area contributed by atoms with Crippen LogP contribution in [0.1, 0.15) is 12.2 Å². The summed E-state index contributed by atoms with van der Waals surface area (Å²) in [7, 11) is 3.40. The maximum atomic E-state index is 12.3. The fraction of sp³-hybridized carbons (Fsp3) is 0.200. The minimum atomic E-state index is -0.212. The fourth-order valence-corrected chi connectivity index (χ4v) is 3.29. The monoisotopic (exact) mass is 377 g/mol. The molecule has 0 atom stereocenters. The van der Waals surface area contributed by atoms with Crippen molar-refractivity contribution in [3.05, 3.63) is 69.1 Å². The number of fused-ring (bicyclic) bond motifs is 2. The van der Waals surface area contributed by atoms with E-state index in [1.807, 2.05) is 6.07 Å². The van der Waals surface area contributed by atoms with Crippen molar-refractivity contribution in [1.82, 2.24) is 19.1 Å². The van der Waals surface area contributed by atoms with Gasteiger partial charge in [0.05, 0.1) is 21.9 Å². The number of hydrogen-bond donors (Lipinski definition) is 2. The second-order valence-electron chi connectivity index (χ2n) is 6.68. The Labute approximate surface area is 159 Å². The van der Waals surface area contributed by atoms with E-state index in [1.165, 1.54) is 4.57 Å². The van der Waals surface area contributed by atoms with Crippen molar-refractivity contribution in [2.75, 3.05) is 5.32 Å². The van der Waals surface area contributed by atoms with Crippen LogP contribution in [0.5, 0.6) is 0 Å². The summed E-state index contributed by atoms with van der Waals surface area (Å²) in [6.07, 6.45) is 0.491. The molecule has 8 nitrogen and oxygen atoms in total. The van der Waals surface area contributed by atoms with Gasteiger partial charge in [0.1, 0.15) is 5.82 Å². The summed E-state index contributed by atoms with van der Waals surface area (Å²) in [5, 5.41) is 3.35. The van der Waals surface area contributed by atoms with Crippen LogP contribution in [-0.4, -0.2) is 25.0 Å². The number of aromatic amines is 1. The van der Waals surface area contributed by atoms with E-state index < -0.39 is 0 Å². The van der Waals surface area contributed by atoms with E-state index in [0.717, 1.165) is 11.0 Å². The van der Waals surface area contributed by atoms with Crippen molar-refractivity contribution in [3.63, 3.8) is 0 Å². The van der Waals surface area contributed by atoms with Crippen LogP contribution in [0.15, 0.2) is 52.1 Å². The molecule has 4 rings (SSSR count). The number of carbonyl (C=O) groups is 1. The SMILES string of the molecule is Cn1c(=O)n(C)c2cc(NC(=O)CCc3nc4ccccc4c(=O)[nH]3)ccc21. The number of amides is 1. The van der Waals surface area contributed by atoms with Gasteiger partial charge in [0.25, 0.3) is 5.56 Å². The molecule has 28 heavy (non-hydrogen) atoms. The van der Waals surface area contributed by atoms with Gasteiger partial charge in [-0.25, -0.2) is 9.78 Å². The number of carbonyl (C=O) groups excluding carboxylic acids is 1. The van der Waals surface area contributed by atoms with E-state index in [0.29, 0.717) is 28.8 Å². The third-order valence-corrected chi connectivity index (χ3v) is 4.81. The van der Waals surface area contributed by atoms with Gasteiger partial charge < -0.3 is 10.3 Å². The number of para-hydroxylation sites is 1. The highest BCUT2D eigenvalue weighted by molar-refractivity contribution is 5.93. The Kier molecular flexibility index (Phi) is 4.31. The van der Waals surface area contributed by atoms with Gasteiger partial charge in [-0.1, -0.05) is 12.1 Å². The first-order chi connectivity index (χ1) is 13.4. The van der Waals surface area contributed by atoms with Gasteiger partial charge in [-0.15, -0.1) is 0 Å². The van der Waals surface area contributed by atoms with Crippen molar-refractivity contribution in [2.45, 2.75) is 12.8 Å². The topological polar surface area (TPSA) is 102 Å². The summed E-state index contributed by atoms with van der Waals surface area (Å²) in [6, 6.07) is 12.4. The number of nitrogens with one attached hydrogen (secondary N) is 2. The number of hydrogen-bond acceptors (Lipinski definition) is 4. The number of nitrogens with zero attached hydrogens (tertiary/aromatic N) is 3. The van der Waals surface area contributed by atoms with Crippen LogP contribution >= 0.6 is 0 Å². The van der Waals surface area contributed by atoms with Gasteiger partial charge in [0.15, 0.2) is 0 Å². The largest absolute Gasteiger partial charge is 0.328 e. The van der Waals surface area contributed by atoms with Gasteiger partial charge in [-0.2, -0.15) is 0 Å². The molecular weight excluding hydrogens is 358 g/mol. The lowest BCUT2D eigenvalue weighted by Crippen LogP contribution is -2.19. The summed E-state index contributed by atoms with van der Waals surface area (Å²) in [5.74, 6) is 0.274. The third kappa shape index (κ3) is 3.09. The van der Waals surface area contributed by atoms with Crippen LogP contribution in [0.4, 0.5) is 5.69 Å². The Bertz CT molecular complexity index is 1330. The molecule has 0 fully saturated rings. The van der Waals surface area contributed by atoms with Gasteiger partial charge in [-0.3, -0.25) is 18.7 Å².